The number of hydrogen-bond donors (Lipinski definition) is 5. The van der Waals surface area contributed by atoms with Gasteiger partial charge in [-0.15, -0.1) is 0 Å². The number of anilines is 3. The third-order valence-electron chi connectivity index (χ3n) is 16.8. The molecular formula is C71H83Cl6F3N18O10S. The van der Waals surface area contributed by atoms with Crippen LogP contribution in [-0.2, 0) is 23.8 Å². The SMILES string of the molecule is CC(C)(C)OC(=O)N1CCC(OS(C)(=O)=O)CC1.C[C@@H](Oc1nc(-c2cn[nH]c2)cnc1N)c1c(Cl)ccc(F)c1Cl.C[C@@H](Oc1nc(-c2cnn(C3CCN(C(=O)OC(C)(C)C)CC3)c2)cnc1N)c1c(Cl)ccc(F)c1Cl.C[C@@H](Oc1nc(-c2cnn(C3CCNCC3)c2)cnc1N)c1c(Cl)ccc(F)c1Cl. The molecule has 0 bridgehead atoms. The third kappa shape index (κ3) is 23.2. The number of halogens is 9. The van der Waals surface area contributed by atoms with Gasteiger partial charge < -0.3 is 56.0 Å². The highest BCUT2D eigenvalue weighted by atomic mass is 35.5. The average molecular weight is 1650 g/mol. The zero-order valence-electron chi connectivity index (χ0n) is 61.0. The van der Waals surface area contributed by atoms with Crippen molar-refractivity contribution in [2.75, 3.05) is 62.7 Å². The molecule has 3 saturated heterocycles. The van der Waals surface area contributed by atoms with Gasteiger partial charge in [-0.2, -0.15) is 23.7 Å². The van der Waals surface area contributed by atoms with E-state index in [0.29, 0.717) is 83.9 Å². The lowest BCUT2D eigenvalue weighted by atomic mass is 10.1. The first kappa shape index (κ1) is 84.3. The minimum Gasteiger partial charge on any atom is -0.467 e. The van der Waals surface area contributed by atoms with E-state index in [1.165, 1.54) is 48.8 Å². The minimum atomic E-state index is -3.42. The lowest BCUT2D eigenvalue weighted by molar-refractivity contribution is 0.0131. The van der Waals surface area contributed by atoms with Crippen molar-refractivity contribution in [1.82, 2.24) is 74.8 Å². The van der Waals surface area contributed by atoms with Gasteiger partial charge in [0.05, 0.1) is 93.8 Å². The average Bonchev–Trinajstić information content (AvgIpc) is 1.59. The number of nitrogens with two attached hydrogens (primary N) is 3. The number of nitrogens with zero attached hydrogens (tertiary/aromatic N) is 13. The summed E-state index contributed by atoms with van der Waals surface area (Å²) in [6.07, 6.45) is 17.6. The summed E-state index contributed by atoms with van der Waals surface area (Å²) in [6, 6.07) is 8.32. The van der Waals surface area contributed by atoms with E-state index in [9.17, 15) is 31.2 Å². The Morgan fingerprint density at radius 1 is 0.523 bits per heavy atom. The van der Waals surface area contributed by atoms with Crippen LogP contribution in [0.25, 0.3) is 33.8 Å². The molecular weight excluding hydrogens is 1570 g/mol. The second-order valence-corrected chi connectivity index (χ2v) is 31.4. The Labute approximate surface area is 658 Å². The Morgan fingerprint density at radius 3 is 1.21 bits per heavy atom. The summed E-state index contributed by atoms with van der Waals surface area (Å²) in [5, 5.41) is 19.4. The molecule has 38 heteroatoms. The summed E-state index contributed by atoms with van der Waals surface area (Å²) in [7, 11) is -3.42. The van der Waals surface area contributed by atoms with E-state index in [4.69, 9.17) is 115 Å². The number of aromatic nitrogens is 12. The number of H-pyrrole nitrogens is 1. The van der Waals surface area contributed by atoms with Crippen LogP contribution in [0.4, 0.5) is 40.2 Å². The van der Waals surface area contributed by atoms with Gasteiger partial charge in [-0.1, -0.05) is 69.6 Å². The van der Waals surface area contributed by atoms with E-state index in [1.54, 1.807) is 61.6 Å². The number of hydrogen-bond acceptors (Lipinski definition) is 23. The van der Waals surface area contributed by atoms with Crippen molar-refractivity contribution >= 4 is 109 Å². The number of rotatable bonds is 16. The number of aromatic amines is 1. The van der Waals surface area contributed by atoms with E-state index in [-0.39, 0.29) is 84.5 Å². The van der Waals surface area contributed by atoms with Crippen molar-refractivity contribution in [3.63, 3.8) is 0 Å². The number of nitrogen functional groups attached to an aromatic ring is 3. The van der Waals surface area contributed by atoms with E-state index >= 15 is 0 Å². The van der Waals surface area contributed by atoms with E-state index in [1.807, 2.05) is 63.3 Å². The van der Waals surface area contributed by atoms with Gasteiger partial charge in [-0.05, 0) is 150 Å². The van der Waals surface area contributed by atoms with Gasteiger partial charge >= 0.3 is 12.2 Å². The fourth-order valence-electron chi connectivity index (χ4n) is 11.4. The maximum absolute atomic E-state index is 14.0. The first-order valence-corrected chi connectivity index (χ1v) is 38.4. The van der Waals surface area contributed by atoms with Gasteiger partial charge in [0.2, 0.25) is 0 Å². The molecule has 8 N–H and O–H groups in total. The number of piperidine rings is 3. The molecule has 0 saturated carbocycles. The number of ether oxygens (including phenoxy) is 5. The lowest BCUT2D eigenvalue weighted by Crippen LogP contribution is -2.43. The molecule has 9 heterocycles. The summed E-state index contributed by atoms with van der Waals surface area (Å²) in [4.78, 5) is 53.1. The molecule has 12 rings (SSSR count). The fraction of sp³-hybridized carbons (Fsp3) is 0.423. The second-order valence-electron chi connectivity index (χ2n) is 27.4. The lowest BCUT2D eigenvalue weighted by Gasteiger charge is -2.33. The minimum absolute atomic E-state index is 0.0693. The molecule has 3 aliphatic heterocycles. The monoisotopic (exact) mass is 1650 g/mol. The molecule has 28 nitrogen and oxygen atoms in total. The maximum atomic E-state index is 14.0. The molecule has 0 aliphatic carbocycles. The highest BCUT2D eigenvalue weighted by Gasteiger charge is 2.32. The molecule has 3 aliphatic rings. The predicted molar refractivity (Wildman–Crippen MR) is 410 cm³/mol. The van der Waals surface area contributed by atoms with Gasteiger partial charge in [0.1, 0.15) is 47.0 Å². The zero-order chi connectivity index (χ0) is 79.4. The summed E-state index contributed by atoms with van der Waals surface area (Å²) in [5.41, 5.74) is 21.5. The standard InChI is InChI=1S/C25H29Cl2FN6O3.C20H21Cl2FN6O.C15H12Cl2FN5O.C11H21NO5S/c1-14(20-17(26)5-6-18(28)21(20)27)36-23-22(29)30-12-19(32-23)15-11-31-34(13-15)16-7-9-33(10-8-16)24(35)37-25(2,3)4;1-11(17-14(21)2-3-15(23)18(17)22)30-20-19(24)26-9-16(28-20)12-8-27-29(10-12)13-4-6-25-7-5-13;1-7(12-9(16)2-3-10(18)13(12)17)24-15-14(19)20-6-11(23-15)8-4-21-22-5-8;1-11(2,3)16-10(13)12-7-5-9(6-8-12)17-18(4,14)15/h5-6,11-14,16H,7-10H2,1-4H3,(H2,29,30);2-3,8-11,13,25H,4-7H2,1H3,(H2,24,26);2-7H,1H3,(H2,19,20)(H,21,22);9H,5-8H2,1-4H3/t14-;11-;7-;/m111./s1. The molecule has 6 aromatic heterocycles. The van der Waals surface area contributed by atoms with Crippen molar-refractivity contribution in [3.8, 4) is 51.4 Å². The van der Waals surface area contributed by atoms with Crippen LogP contribution in [0.5, 0.6) is 17.6 Å². The third-order valence-corrected chi connectivity index (χ3v) is 19.6. The van der Waals surface area contributed by atoms with Gasteiger partial charge in [-0.3, -0.25) is 18.6 Å². The van der Waals surface area contributed by atoms with Crippen LogP contribution < -0.4 is 36.7 Å². The topological polar surface area (TPSA) is 362 Å². The smallest absolute Gasteiger partial charge is 0.410 e. The molecule has 0 radical (unpaired) electrons. The predicted octanol–water partition coefficient (Wildman–Crippen LogP) is 15.9. The number of likely N-dealkylation sites (tertiary alicyclic amines) is 2. The molecule has 3 atom stereocenters. The number of nitrogens with one attached hydrogen (secondary N) is 2. The molecule has 586 valence electrons. The van der Waals surface area contributed by atoms with Crippen molar-refractivity contribution in [2.45, 2.75) is 149 Å². The zero-order valence-corrected chi connectivity index (χ0v) is 66.4. The molecule has 0 spiro atoms. The molecule has 2 amide bonds. The Hall–Kier alpha value is -8.73. The van der Waals surface area contributed by atoms with E-state index in [0.717, 1.165) is 61.7 Å². The van der Waals surface area contributed by atoms with Crippen molar-refractivity contribution in [2.24, 2.45) is 0 Å². The summed E-state index contributed by atoms with van der Waals surface area (Å²) in [5.74, 6) is -1.21. The van der Waals surface area contributed by atoms with Gasteiger partial charge in [-0.25, -0.2) is 52.7 Å². The first-order chi connectivity index (χ1) is 51.4. The first-order valence-electron chi connectivity index (χ1n) is 34.3. The molecule has 3 fully saturated rings. The van der Waals surface area contributed by atoms with Crippen molar-refractivity contribution in [1.29, 1.82) is 0 Å². The quantitative estimate of drug-likeness (QED) is 0.0443. The van der Waals surface area contributed by atoms with Crippen LogP contribution >= 0.6 is 69.6 Å². The largest absolute Gasteiger partial charge is 0.467 e. The van der Waals surface area contributed by atoms with Crippen LogP contribution in [0.3, 0.4) is 0 Å². The number of amides is 2. The number of benzene rings is 3. The Kier molecular flexibility index (Phi) is 28.5. The Bertz CT molecular complexity index is 4750. The highest BCUT2D eigenvalue weighted by Crippen LogP contribution is 2.40. The van der Waals surface area contributed by atoms with Crippen LogP contribution in [0, 0.1) is 17.5 Å². The Morgan fingerprint density at radius 2 is 0.872 bits per heavy atom. The number of carbonyl (C=O) groups excluding carboxylic acids is 2. The van der Waals surface area contributed by atoms with Crippen molar-refractivity contribution in [3.05, 3.63) is 156 Å². The molecule has 0 unspecified atom stereocenters. The normalized spacial score (nSPS) is 15.4. The van der Waals surface area contributed by atoms with Gasteiger partial charge in [0.15, 0.2) is 17.5 Å². The summed E-state index contributed by atoms with van der Waals surface area (Å²) in [6.45, 7) is 20.0. The fourth-order valence-corrected chi connectivity index (χ4v) is 14.1. The van der Waals surface area contributed by atoms with Crippen molar-refractivity contribution < 1.29 is 59.0 Å². The van der Waals surface area contributed by atoms with E-state index in [2.05, 4.69) is 55.6 Å². The van der Waals surface area contributed by atoms with E-state index < -0.39 is 57.1 Å². The summed E-state index contributed by atoms with van der Waals surface area (Å²) < 4.78 is 100. The van der Waals surface area contributed by atoms with Crippen LogP contribution in [-0.4, -0.2) is 153 Å². The maximum Gasteiger partial charge on any atom is 0.410 e. The summed E-state index contributed by atoms with van der Waals surface area (Å²) >= 11 is 36.7. The number of carbonyl (C=O) groups is 2. The highest BCUT2D eigenvalue weighted by molar-refractivity contribution is 7.86. The van der Waals surface area contributed by atoms with Gasteiger partial charge in [0, 0.05) is 93.2 Å². The van der Waals surface area contributed by atoms with Crippen LogP contribution in [0.1, 0.15) is 148 Å². The molecule has 109 heavy (non-hydrogen) atoms. The van der Waals surface area contributed by atoms with Gasteiger partial charge in [0.25, 0.3) is 27.8 Å². The Balaban J connectivity index is 0.000000173. The molecule has 3 aromatic carbocycles. The van der Waals surface area contributed by atoms with Crippen LogP contribution in [0.2, 0.25) is 30.1 Å². The van der Waals surface area contributed by atoms with Crippen LogP contribution in [0.15, 0.2) is 92.2 Å². The second kappa shape index (κ2) is 36.9. The molecule has 9 aromatic rings.